The molecule has 0 aliphatic rings. The second kappa shape index (κ2) is 6.30. The Bertz CT molecular complexity index is 553. The fourth-order valence-corrected chi connectivity index (χ4v) is 2.16. The zero-order valence-corrected chi connectivity index (χ0v) is 12.8. The summed E-state index contributed by atoms with van der Waals surface area (Å²) < 4.78 is 6.28. The van der Waals surface area contributed by atoms with Crippen molar-refractivity contribution in [3.63, 3.8) is 0 Å². The maximum Gasteiger partial charge on any atom is 0.243 e. The molecule has 2 aromatic rings. The van der Waals surface area contributed by atoms with Crippen LogP contribution in [0, 0.1) is 6.92 Å². The van der Waals surface area contributed by atoms with E-state index in [1.165, 1.54) is 5.56 Å². The molecule has 2 N–H and O–H groups in total. The first-order chi connectivity index (χ1) is 9.11. The van der Waals surface area contributed by atoms with E-state index in [4.69, 9.17) is 10.3 Å². The van der Waals surface area contributed by atoms with E-state index in [2.05, 4.69) is 33.0 Å². The van der Waals surface area contributed by atoms with Crippen LogP contribution in [0.25, 0.3) is 11.4 Å². The van der Waals surface area contributed by atoms with E-state index < -0.39 is 0 Å². The van der Waals surface area contributed by atoms with Crippen LogP contribution in [0.2, 0.25) is 0 Å². The number of nitrogens with two attached hydrogens (primary N) is 1. The molecule has 0 spiro atoms. The Hall–Kier alpha value is -1.20. The van der Waals surface area contributed by atoms with Crippen LogP contribution >= 0.6 is 15.9 Å². The molecule has 102 valence electrons. The lowest BCUT2D eigenvalue weighted by Crippen LogP contribution is -2.10. The minimum absolute atomic E-state index is 0.171. The summed E-state index contributed by atoms with van der Waals surface area (Å²) in [5.41, 5.74) is 8.12. The van der Waals surface area contributed by atoms with Gasteiger partial charge in [-0.25, -0.2) is 0 Å². The maximum atomic E-state index is 6.02. The molecule has 2 rings (SSSR count). The fourth-order valence-electron chi connectivity index (χ4n) is 1.78. The van der Waals surface area contributed by atoms with Crippen molar-refractivity contribution in [3.05, 3.63) is 34.1 Å². The number of hydrogen-bond acceptors (Lipinski definition) is 4. The summed E-state index contributed by atoms with van der Waals surface area (Å²) in [6, 6.07) is 5.82. The fraction of sp³-hybridized carbons (Fsp3) is 0.429. The number of nitrogens with zero attached hydrogens (tertiary/aromatic N) is 2. The van der Waals surface area contributed by atoms with Crippen molar-refractivity contribution in [2.75, 3.05) is 0 Å². The number of halogens is 1. The normalized spacial score (nSPS) is 12.6. The lowest BCUT2D eigenvalue weighted by atomic mass is 10.1. The van der Waals surface area contributed by atoms with Crippen molar-refractivity contribution in [3.8, 4) is 11.4 Å². The molecule has 0 bridgehead atoms. The Kier molecular flexibility index (Phi) is 4.71. The largest absolute Gasteiger partial charge is 0.337 e. The van der Waals surface area contributed by atoms with Gasteiger partial charge in [-0.15, -0.1) is 0 Å². The molecule has 1 atom stereocenters. The Morgan fingerprint density at radius 3 is 2.89 bits per heavy atom. The first-order valence-corrected chi connectivity index (χ1v) is 7.26. The van der Waals surface area contributed by atoms with Gasteiger partial charge < -0.3 is 10.3 Å². The summed E-state index contributed by atoms with van der Waals surface area (Å²) in [7, 11) is 0. The topological polar surface area (TPSA) is 64.9 Å². The summed E-state index contributed by atoms with van der Waals surface area (Å²) >= 11 is 3.50. The van der Waals surface area contributed by atoms with Gasteiger partial charge in [-0.2, -0.15) is 4.98 Å². The third-order valence-corrected chi connectivity index (χ3v) is 3.91. The van der Waals surface area contributed by atoms with Crippen LogP contribution in [0.3, 0.4) is 0 Å². The van der Waals surface area contributed by atoms with Crippen LogP contribution in [0.15, 0.2) is 27.2 Å². The number of benzene rings is 1. The molecule has 1 unspecified atom stereocenters. The summed E-state index contributed by atoms with van der Waals surface area (Å²) in [5.74, 6) is 1.10. The highest BCUT2D eigenvalue weighted by atomic mass is 79.9. The van der Waals surface area contributed by atoms with Gasteiger partial charge in [-0.3, -0.25) is 0 Å². The molecule has 0 saturated heterocycles. The Morgan fingerprint density at radius 1 is 1.42 bits per heavy atom. The molecule has 19 heavy (non-hydrogen) atoms. The molecular weight excluding hydrogens is 306 g/mol. The Labute approximate surface area is 121 Å². The van der Waals surface area contributed by atoms with Gasteiger partial charge in [0, 0.05) is 10.0 Å². The molecule has 0 amide bonds. The zero-order chi connectivity index (χ0) is 13.8. The summed E-state index contributed by atoms with van der Waals surface area (Å²) in [6.45, 7) is 4.17. The van der Waals surface area contributed by atoms with E-state index in [9.17, 15) is 0 Å². The number of hydrogen-bond donors (Lipinski definition) is 1. The molecule has 1 aromatic carbocycles. The predicted octanol–water partition coefficient (Wildman–Crippen LogP) is 4.00. The van der Waals surface area contributed by atoms with Crippen molar-refractivity contribution in [2.45, 2.75) is 39.2 Å². The van der Waals surface area contributed by atoms with Crippen LogP contribution < -0.4 is 5.73 Å². The highest BCUT2D eigenvalue weighted by Crippen LogP contribution is 2.25. The molecule has 0 aliphatic heterocycles. The van der Waals surface area contributed by atoms with Crippen LogP contribution in [0.4, 0.5) is 0 Å². The molecule has 0 aliphatic carbocycles. The van der Waals surface area contributed by atoms with Gasteiger partial charge in [-0.05, 0) is 25.0 Å². The maximum absolute atomic E-state index is 6.02. The number of aryl methyl sites for hydroxylation is 1. The quantitative estimate of drug-likeness (QED) is 0.903. The third-order valence-electron chi connectivity index (χ3n) is 3.06. The highest BCUT2D eigenvalue weighted by molar-refractivity contribution is 9.10. The van der Waals surface area contributed by atoms with Gasteiger partial charge in [0.2, 0.25) is 11.7 Å². The number of aromatic nitrogens is 2. The predicted molar refractivity (Wildman–Crippen MR) is 78.6 cm³/mol. The molecule has 0 saturated carbocycles. The van der Waals surface area contributed by atoms with Gasteiger partial charge >= 0.3 is 0 Å². The van der Waals surface area contributed by atoms with Crippen LogP contribution in [-0.4, -0.2) is 10.1 Å². The second-order valence-corrected chi connectivity index (χ2v) is 5.52. The van der Waals surface area contributed by atoms with Crippen LogP contribution in [0.1, 0.15) is 43.7 Å². The summed E-state index contributed by atoms with van der Waals surface area (Å²) in [5, 5.41) is 4.00. The molecule has 1 heterocycles. The van der Waals surface area contributed by atoms with Crippen molar-refractivity contribution in [1.82, 2.24) is 10.1 Å². The average molecular weight is 324 g/mol. The van der Waals surface area contributed by atoms with E-state index in [0.29, 0.717) is 11.7 Å². The lowest BCUT2D eigenvalue weighted by molar-refractivity contribution is 0.346. The molecule has 5 heteroatoms. The van der Waals surface area contributed by atoms with Gasteiger partial charge in [-0.1, -0.05) is 53.0 Å². The van der Waals surface area contributed by atoms with Crippen molar-refractivity contribution < 1.29 is 4.52 Å². The van der Waals surface area contributed by atoms with Gasteiger partial charge in [0.1, 0.15) is 0 Å². The smallest absolute Gasteiger partial charge is 0.243 e. The van der Waals surface area contributed by atoms with Crippen LogP contribution in [-0.2, 0) is 0 Å². The van der Waals surface area contributed by atoms with E-state index in [1.807, 2.05) is 25.1 Å². The lowest BCUT2D eigenvalue weighted by Gasteiger charge is -2.03. The van der Waals surface area contributed by atoms with Gasteiger partial charge in [0.05, 0.1) is 6.04 Å². The van der Waals surface area contributed by atoms with E-state index in [-0.39, 0.29) is 6.04 Å². The molecule has 4 nitrogen and oxygen atoms in total. The average Bonchev–Trinajstić information content (AvgIpc) is 2.89. The first kappa shape index (κ1) is 14.2. The second-order valence-electron chi connectivity index (χ2n) is 4.67. The highest BCUT2D eigenvalue weighted by Gasteiger charge is 2.15. The Balaban J connectivity index is 2.18. The Morgan fingerprint density at radius 2 is 2.21 bits per heavy atom. The monoisotopic (exact) mass is 323 g/mol. The molecule has 1 aromatic heterocycles. The van der Waals surface area contributed by atoms with E-state index in [1.54, 1.807) is 0 Å². The summed E-state index contributed by atoms with van der Waals surface area (Å²) in [4.78, 5) is 4.38. The number of unbranched alkanes of at least 4 members (excludes halogenated alkanes) is 1. The minimum Gasteiger partial charge on any atom is -0.337 e. The number of rotatable bonds is 5. The van der Waals surface area contributed by atoms with Crippen molar-refractivity contribution >= 4 is 15.9 Å². The summed E-state index contributed by atoms with van der Waals surface area (Å²) in [6.07, 6.45) is 3.05. The van der Waals surface area contributed by atoms with Crippen molar-refractivity contribution in [2.24, 2.45) is 5.73 Å². The standard InChI is InChI=1S/C14H18BrN3O/c1-3-4-5-12(16)14-17-13(18-19-14)10-7-6-9(2)11(15)8-10/h6-8,12H,3-5,16H2,1-2H3. The van der Waals surface area contributed by atoms with Gasteiger partial charge in [0.15, 0.2) is 0 Å². The van der Waals surface area contributed by atoms with Crippen LogP contribution in [0.5, 0.6) is 0 Å². The minimum atomic E-state index is -0.171. The molecule has 0 fully saturated rings. The van der Waals surface area contributed by atoms with E-state index in [0.717, 1.165) is 29.3 Å². The van der Waals surface area contributed by atoms with Crippen molar-refractivity contribution in [1.29, 1.82) is 0 Å². The SMILES string of the molecule is CCCCC(N)c1nc(-c2ccc(C)c(Br)c2)no1. The molecular formula is C14H18BrN3O. The third kappa shape index (κ3) is 3.42. The zero-order valence-electron chi connectivity index (χ0n) is 11.2. The molecule has 0 radical (unpaired) electrons. The first-order valence-electron chi connectivity index (χ1n) is 6.47. The van der Waals surface area contributed by atoms with E-state index >= 15 is 0 Å². The van der Waals surface area contributed by atoms with Gasteiger partial charge in [0.25, 0.3) is 0 Å².